The van der Waals surface area contributed by atoms with Crippen molar-refractivity contribution in [3.63, 3.8) is 0 Å². The molecule has 0 saturated heterocycles. The second-order valence-corrected chi connectivity index (χ2v) is 7.09. The number of nitrogens with zero attached hydrogens (tertiary/aromatic N) is 1. The maximum absolute atomic E-state index is 5.86. The third kappa shape index (κ3) is 4.25. The maximum Gasteiger partial charge on any atom is 0.282 e. The average molecular weight is 302 g/mol. The molecule has 0 aromatic heterocycles. The molecule has 0 bridgehead atoms. The van der Waals surface area contributed by atoms with Crippen LogP contribution in [-0.4, -0.2) is 18.2 Å². The van der Waals surface area contributed by atoms with Crippen LogP contribution in [-0.2, 0) is 17.6 Å². The summed E-state index contributed by atoms with van der Waals surface area (Å²) in [6.45, 7) is 9.47. The number of rotatable bonds is 5. The highest BCUT2D eigenvalue weighted by molar-refractivity contribution is 5.72. The van der Waals surface area contributed by atoms with Gasteiger partial charge in [-0.1, -0.05) is 44.5 Å². The van der Waals surface area contributed by atoms with Crippen molar-refractivity contribution < 1.29 is 4.74 Å². The molecule has 1 aromatic rings. The summed E-state index contributed by atoms with van der Waals surface area (Å²) in [5.41, 5.74) is 8.34. The number of hydrogen-bond acceptors (Lipinski definition) is 3. The van der Waals surface area contributed by atoms with Gasteiger partial charge in [0.2, 0.25) is 0 Å². The first-order valence-electron chi connectivity index (χ1n) is 8.49. The molecule has 0 aliphatic carbocycles. The number of aryl methyl sites for hydroxylation is 1. The summed E-state index contributed by atoms with van der Waals surface area (Å²) in [5, 5.41) is 0. The molecule has 0 fully saturated rings. The van der Waals surface area contributed by atoms with Gasteiger partial charge in [-0.25, -0.2) is 4.99 Å². The van der Waals surface area contributed by atoms with E-state index < -0.39 is 0 Å². The topological polar surface area (TPSA) is 47.6 Å². The van der Waals surface area contributed by atoms with Gasteiger partial charge in [-0.3, -0.25) is 0 Å². The zero-order valence-electron chi connectivity index (χ0n) is 14.4. The van der Waals surface area contributed by atoms with Gasteiger partial charge < -0.3 is 10.5 Å². The lowest BCUT2D eigenvalue weighted by molar-refractivity contribution is 0.0145. The van der Waals surface area contributed by atoms with Crippen molar-refractivity contribution in [3.8, 4) is 0 Å². The molecule has 3 nitrogen and oxygen atoms in total. The van der Waals surface area contributed by atoms with Crippen molar-refractivity contribution in [2.45, 2.75) is 59.0 Å². The Balaban J connectivity index is 2.08. The van der Waals surface area contributed by atoms with Crippen LogP contribution in [0.25, 0.3) is 0 Å². The number of aliphatic imine (C=N–C) groups is 1. The lowest BCUT2D eigenvalue weighted by Crippen LogP contribution is -2.41. The van der Waals surface area contributed by atoms with E-state index in [1.807, 2.05) is 0 Å². The quantitative estimate of drug-likeness (QED) is 0.895. The van der Waals surface area contributed by atoms with E-state index in [9.17, 15) is 0 Å². The van der Waals surface area contributed by atoms with Crippen molar-refractivity contribution in [1.82, 2.24) is 0 Å². The Labute approximate surface area is 135 Å². The fourth-order valence-electron chi connectivity index (χ4n) is 3.35. The van der Waals surface area contributed by atoms with Crippen molar-refractivity contribution in [3.05, 3.63) is 35.4 Å². The van der Waals surface area contributed by atoms with Crippen LogP contribution in [0.15, 0.2) is 29.3 Å². The third-order valence-corrected chi connectivity index (χ3v) is 4.78. The molecule has 1 aliphatic heterocycles. The lowest BCUT2D eigenvalue weighted by atomic mass is 9.77. The van der Waals surface area contributed by atoms with Gasteiger partial charge in [0.1, 0.15) is 5.60 Å². The molecule has 0 spiro atoms. The molecule has 2 N–H and O–H groups in total. The molecule has 1 heterocycles. The van der Waals surface area contributed by atoms with Gasteiger partial charge in [0.05, 0.1) is 0 Å². The van der Waals surface area contributed by atoms with Crippen LogP contribution in [0.1, 0.15) is 51.7 Å². The zero-order valence-corrected chi connectivity index (χ0v) is 14.4. The molecule has 2 atom stereocenters. The Hall–Kier alpha value is -1.51. The molecular formula is C19H30N2O. The minimum atomic E-state index is -0.287. The van der Waals surface area contributed by atoms with Gasteiger partial charge in [-0.15, -0.1) is 0 Å². The Morgan fingerprint density at radius 3 is 2.50 bits per heavy atom. The van der Waals surface area contributed by atoms with Gasteiger partial charge >= 0.3 is 0 Å². The standard InChI is InChI=1S/C19H30N2O/c1-5-6-7-15-8-10-16(11-9-15)12-17-14(2)13-21-18(20)22-19(17,3)4/h8-11,14,17H,5-7,12-13H2,1-4H3,(H2,20,21). The first kappa shape index (κ1) is 16.9. The van der Waals surface area contributed by atoms with Crippen LogP contribution in [0.4, 0.5) is 0 Å². The van der Waals surface area contributed by atoms with Crippen molar-refractivity contribution in [2.75, 3.05) is 6.54 Å². The summed E-state index contributed by atoms with van der Waals surface area (Å²) < 4.78 is 5.86. The maximum atomic E-state index is 5.86. The molecule has 3 heteroatoms. The summed E-state index contributed by atoms with van der Waals surface area (Å²) in [6, 6.07) is 9.40. The van der Waals surface area contributed by atoms with Crippen LogP contribution in [0.5, 0.6) is 0 Å². The van der Waals surface area contributed by atoms with Gasteiger partial charge in [0, 0.05) is 12.5 Å². The lowest BCUT2D eigenvalue weighted by Gasteiger charge is -2.35. The number of nitrogens with two attached hydrogens (primary N) is 1. The van der Waals surface area contributed by atoms with Crippen molar-refractivity contribution in [1.29, 1.82) is 0 Å². The van der Waals surface area contributed by atoms with Crippen molar-refractivity contribution >= 4 is 6.02 Å². The average Bonchev–Trinajstić information content (AvgIpc) is 2.57. The highest BCUT2D eigenvalue weighted by atomic mass is 16.5. The van der Waals surface area contributed by atoms with Crippen LogP contribution in [0.2, 0.25) is 0 Å². The molecule has 122 valence electrons. The number of amidine groups is 1. The molecule has 0 radical (unpaired) electrons. The van der Waals surface area contributed by atoms with E-state index in [0.717, 1.165) is 13.0 Å². The van der Waals surface area contributed by atoms with E-state index in [2.05, 4.69) is 57.0 Å². The summed E-state index contributed by atoms with van der Waals surface area (Å²) >= 11 is 0. The summed E-state index contributed by atoms with van der Waals surface area (Å²) in [4.78, 5) is 4.31. The van der Waals surface area contributed by atoms with E-state index in [-0.39, 0.29) is 5.60 Å². The van der Waals surface area contributed by atoms with Crippen LogP contribution < -0.4 is 5.73 Å². The molecule has 0 saturated carbocycles. The SMILES string of the molecule is CCCCc1ccc(CC2C(C)CN=C(N)OC2(C)C)cc1. The van der Waals surface area contributed by atoms with Crippen molar-refractivity contribution in [2.24, 2.45) is 22.6 Å². The second-order valence-electron chi connectivity index (χ2n) is 7.09. The van der Waals surface area contributed by atoms with Gasteiger partial charge in [-0.05, 0) is 50.2 Å². The minimum Gasteiger partial charge on any atom is -0.459 e. The Morgan fingerprint density at radius 1 is 1.23 bits per heavy atom. The predicted molar refractivity (Wildman–Crippen MR) is 93.1 cm³/mol. The monoisotopic (exact) mass is 302 g/mol. The van der Waals surface area contributed by atoms with E-state index in [4.69, 9.17) is 10.5 Å². The highest BCUT2D eigenvalue weighted by Gasteiger charge is 2.37. The Morgan fingerprint density at radius 2 is 1.86 bits per heavy atom. The normalized spacial score (nSPS) is 24.3. The van der Waals surface area contributed by atoms with Gasteiger partial charge in [-0.2, -0.15) is 0 Å². The van der Waals surface area contributed by atoms with E-state index >= 15 is 0 Å². The molecule has 2 unspecified atom stereocenters. The van der Waals surface area contributed by atoms with E-state index in [1.54, 1.807) is 0 Å². The van der Waals surface area contributed by atoms with Gasteiger partial charge in [0.25, 0.3) is 6.02 Å². The third-order valence-electron chi connectivity index (χ3n) is 4.78. The predicted octanol–water partition coefficient (Wildman–Crippen LogP) is 3.95. The number of ether oxygens (including phenoxy) is 1. The molecule has 0 amide bonds. The van der Waals surface area contributed by atoms with E-state index in [0.29, 0.717) is 17.9 Å². The Bertz CT molecular complexity index is 505. The van der Waals surface area contributed by atoms with E-state index in [1.165, 1.54) is 30.4 Å². The van der Waals surface area contributed by atoms with Crippen LogP contribution in [0, 0.1) is 11.8 Å². The molecule has 1 aliphatic rings. The summed E-state index contributed by atoms with van der Waals surface area (Å²) in [5.74, 6) is 0.856. The second kappa shape index (κ2) is 7.17. The smallest absolute Gasteiger partial charge is 0.282 e. The van der Waals surface area contributed by atoms with Gasteiger partial charge in [0.15, 0.2) is 0 Å². The van der Waals surface area contributed by atoms with Crippen LogP contribution >= 0.6 is 0 Å². The molecular weight excluding hydrogens is 272 g/mol. The first-order valence-corrected chi connectivity index (χ1v) is 8.49. The summed E-state index contributed by atoms with van der Waals surface area (Å²) in [6.07, 6.45) is 4.69. The zero-order chi connectivity index (χ0) is 16.2. The molecule has 1 aromatic carbocycles. The van der Waals surface area contributed by atoms with Crippen LogP contribution in [0.3, 0.4) is 0 Å². The fraction of sp³-hybridized carbons (Fsp3) is 0.632. The Kier molecular flexibility index (Phi) is 5.49. The number of benzene rings is 1. The number of unbranched alkanes of at least 4 members (excludes halogenated alkanes) is 1. The first-order chi connectivity index (χ1) is 10.4. The summed E-state index contributed by atoms with van der Waals surface area (Å²) in [7, 11) is 0. The fourth-order valence-corrected chi connectivity index (χ4v) is 3.35. The number of hydrogen-bond donors (Lipinski definition) is 1. The molecule has 22 heavy (non-hydrogen) atoms. The largest absolute Gasteiger partial charge is 0.459 e. The molecule has 2 rings (SSSR count). The highest BCUT2D eigenvalue weighted by Crippen LogP contribution is 2.33. The minimum absolute atomic E-state index is 0.287.